The van der Waals surface area contributed by atoms with Crippen LogP contribution >= 0.6 is 22.9 Å². The maximum Gasteiger partial charge on any atom is 0.221 e. The highest BCUT2D eigenvalue weighted by atomic mass is 35.5. The number of thiophene rings is 1. The number of anilines is 1. The van der Waals surface area contributed by atoms with Crippen molar-refractivity contribution in [1.29, 1.82) is 0 Å². The van der Waals surface area contributed by atoms with Crippen LogP contribution in [0.2, 0.25) is 5.02 Å². The molecule has 1 aliphatic rings. The molecule has 1 aromatic carbocycles. The van der Waals surface area contributed by atoms with E-state index >= 15 is 0 Å². The van der Waals surface area contributed by atoms with Crippen LogP contribution in [0.15, 0.2) is 18.2 Å². The Hall–Kier alpha value is -1.65. The van der Waals surface area contributed by atoms with Crippen molar-refractivity contribution < 1.29 is 9.59 Å². The summed E-state index contributed by atoms with van der Waals surface area (Å²) in [5.41, 5.74) is 4.24. The molecule has 0 saturated carbocycles. The van der Waals surface area contributed by atoms with E-state index in [0.29, 0.717) is 16.5 Å². The Morgan fingerprint density at radius 2 is 2.22 bits per heavy atom. The summed E-state index contributed by atoms with van der Waals surface area (Å²) in [7, 11) is 0. The SMILES string of the molecule is CC(=O)Nc1sc2c(c1C=O)CCC(C)c1ccc(Cl)cc1C2. The lowest BCUT2D eigenvalue weighted by molar-refractivity contribution is -0.114. The van der Waals surface area contributed by atoms with Crippen LogP contribution in [0.5, 0.6) is 0 Å². The van der Waals surface area contributed by atoms with Crippen molar-refractivity contribution in [3.05, 3.63) is 50.4 Å². The zero-order chi connectivity index (χ0) is 16.6. The van der Waals surface area contributed by atoms with Crippen LogP contribution in [0.25, 0.3) is 0 Å². The number of halogens is 1. The highest BCUT2D eigenvalue weighted by Gasteiger charge is 2.23. The van der Waals surface area contributed by atoms with Gasteiger partial charge in [0.1, 0.15) is 5.00 Å². The van der Waals surface area contributed by atoms with Gasteiger partial charge in [-0.05, 0) is 47.6 Å². The van der Waals surface area contributed by atoms with Crippen molar-refractivity contribution >= 4 is 40.1 Å². The third-order valence-corrected chi connectivity index (χ3v) is 5.75. The maximum absolute atomic E-state index is 11.6. The van der Waals surface area contributed by atoms with Crippen molar-refractivity contribution in [2.45, 2.75) is 39.0 Å². The number of hydrogen-bond donors (Lipinski definition) is 1. The van der Waals surface area contributed by atoms with E-state index in [1.807, 2.05) is 12.1 Å². The number of rotatable bonds is 2. The Morgan fingerprint density at radius 3 is 2.91 bits per heavy atom. The number of amides is 1. The van der Waals surface area contributed by atoms with Crippen LogP contribution in [0.4, 0.5) is 5.00 Å². The first-order valence-corrected chi connectivity index (χ1v) is 8.84. The van der Waals surface area contributed by atoms with Gasteiger partial charge in [0, 0.05) is 23.2 Å². The lowest BCUT2D eigenvalue weighted by atomic mass is 9.85. The van der Waals surface area contributed by atoms with Crippen molar-refractivity contribution in [2.75, 3.05) is 5.32 Å². The van der Waals surface area contributed by atoms with Crippen LogP contribution in [0.3, 0.4) is 0 Å². The molecule has 1 amide bonds. The molecule has 2 aromatic rings. The van der Waals surface area contributed by atoms with Crippen LogP contribution in [0, 0.1) is 0 Å². The zero-order valence-electron chi connectivity index (χ0n) is 13.1. The second-order valence-corrected chi connectivity index (χ2v) is 7.55. The number of carbonyl (C=O) groups excluding carboxylic acids is 2. The summed E-state index contributed by atoms with van der Waals surface area (Å²) in [6.45, 7) is 3.67. The van der Waals surface area contributed by atoms with Gasteiger partial charge in [0.15, 0.2) is 6.29 Å². The summed E-state index contributed by atoms with van der Waals surface area (Å²) in [5.74, 6) is 0.262. The lowest BCUT2D eigenvalue weighted by Gasteiger charge is -2.20. The molecule has 1 aromatic heterocycles. The molecule has 120 valence electrons. The quantitative estimate of drug-likeness (QED) is 0.792. The fourth-order valence-corrected chi connectivity index (χ4v) is 4.70. The van der Waals surface area contributed by atoms with E-state index in [9.17, 15) is 9.59 Å². The molecule has 0 spiro atoms. The van der Waals surface area contributed by atoms with E-state index in [1.165, 1.54) is 29.4 Å². The number of aldehydes is 1. The predicted molar refractivity (Wildman–Crippen MR) is 95.0 cm³/mol. The van der Waals surface area contributed by atoms with Crippen molar-refractivity contribution in [3.63, 3.8) is 0 Å². The van der Waals surface area contributed by atoms with Crippen LogP contribution < -0.4 is 5.32 Å². The smallest absolute Gasteiger partial charge is 0.221 e. The first-order chi connectivity index (χ1) is 11.0. The number of nitrogens with one attached hydrogen (secondary N) is 1. The summed E-state index contributed by atoms with van der Waals surface area (Å²) in [6, 6.07) is 6.06. The van der Waals surface area contributed by atoms with Gasteiger partial charge in [0.2, 0.25) is 5.91 Å². The second-order valence-electron chi connectivity index (χ2n) is 6.01. The molecule has 1 N–H and O–H groups in total. The van der Waals surface area contributed by atoms with Crippen molar-refractivity contribution in [2.24, 2.45) is 0 Å². The minimum absolute atomic E-state index is 0.154. The summed E-state index contributed by atoms with van der Waals surface area (Å²) in [5, 5.41) is 4.18. The Balaban J connectivity index is 2.10. The minimum Gasteiger partial charge on any atom is -0.317 e. The molecule has 1 unspecified atom stereocenters. The monoisotopic (exact) mass is 347 g/mol. The third-order valence-electron chi connectivity index (χ3n) is 4.35. The maximum atomic E-state index is 11.6. The molecule has 3 nitrogen and oxygen atoms in total. The molecule has 3 rings (SSSR count). The van der Waals surface area contributed by atoms with Gasteiger partial charge in [-0.2, -0.15) is 0 Å². The third kappa shape index (κ3) is 3.19. The molecule has 0 aliphatic heterocycles. The normalized spacial score (nSPS) is 16.7. The van der Waals surface area contributed by atoms with E-state index in [2.05, 4.69) is 18.3 Å². The molecular formula is C18H18ClNO2S. The van der Waals surface area contributed by atoms with Crippen LogP contribution in [-0.4, -0.2) is 12.2 Å². The van der Waals surface area contributed by atoms with E-state index in [4.69, 9.17) is 11.6 Å². The Labute approximate surface area is 144 Å². The van der Waals surface area contributed by atoms with Crippen molar-refractivity contribution in [3.8, 4) is 0 Å². The minimum atomic E-state index is -0.154. The average molecular weight is 348 g/mol. The first-order valence-electron chi connectivity index (χ1n) is 7.65. The molecule has 1 atom stereocenters. The molecule has 23 heavy (non-hydrogen) atoms. The lowest BCUT2D eigenvalue weighted by Crippen LogP contribution is -2.08. The molecule has 0 radical (unpaired) electrons. The van der Waals surface area contributed by atoms with E-state index in [0.717, 1.165) is 41.0 Å². The van der Waals surface area contributed by atoms with Crippen LogP contribution in [-0.2, 0) is 17.6 Å². The number of fused-ring (bicyclic) bond motifs is 2. The fourth-order valence-electron chi connectivity index (χ4n) is 3.22. The summed E-state index contributed by atoms with van der Waals surface area (Å²) >= 11 is 7.67. The van der Waals surface area contributed by atoms with Gasteiger partial charge in [0.25, 0.3) is 0 Å². The molecule has 0 bridgehead atoms. The van der Waals surface area contributed by atoms with Crippen LogP contribution in [0.1, 0.15) is 58.1 Å². The molecule has 0 fully saturated rings. The average Bonchev–Trinajstić information content (AvgIpc) is 2.78. The first kappa shape index (κ1) is 16.2. The van der Waals surface area contributed by atoms with Gasteiger partial charge in [-0.3, -0.25) is 9.59 Å². The fraction of sp³-hybridized carbons (Fsp3) is 0.333. The van der Waals surface area contributed by atoms with Gasteiger partial charge < -0.3 is 5.32 Å². The van der Waals surface area contributed by atoms with Gasteiger partial charge in [-0.25, -0.2) is 0 Å². The highest BCUT2D eigenvalue weighted by molar-refractivity contribution is 7.16. The van der Waals surface area contributed by atoms with Gasteiger partial charge in [-0.15, -0.1) is 11.3 Å². The molecule has 1 heterocycles. The molecule has 0 saturated heterocycles. The summed E-state index contributed by atoms with van der Waals surface area (Å²) < 4.78 is 0. The molecule has 1 aliphatic carbocycles. The highest BCUT2D eigenvalue weighted by Crippen LogP contribution is 2.39. The Morgan fingerprint density at radius 1 is 1.43 bits per heavy atom. The van der Waals surface area contributed by atoms with E-state index < -0.39 is 0 Å². The topological polar surface area (TPSA) is 46.2 Å². The van der Waals surface area contributed by atoms with Gasteiger partial charge >= 0.3 is 0 Å². The van der Waals surface area contributed by atoms with Gasteiger partial charge in [0.05, 0.1) is 5.56 Å². The van der Waals surface area contributed by atoms with E-state index in [1.54, 1.807) is 0 Å². The Kier molecular flexibility index (Phi) is 4.55. The summed E-state index contributed by atoms with van der Waals surface area (Å²) in [4.78, 5) is 24.1. The number of carbonyl (C=O) groups is 2. The van der Waals surface area contributed by atoms with Gasteiger partial charge in [-0.1, -0.05) is 24.6 Å². The summed E-state index contributed by atoms with van der Waals surface area (Å²) in [6.07, 6.45) is 3.44. The number of hydrogen-bond acceptors (Lipinski definition) is 3. The second kappa shape index (κ2) is 6.46. The van der Waals surface area contributed by atoms with E-state index in [-0.39, 0.29) is 5.91 Å². The molecule has 5 heteroatoms. The van der Waals surface area contributed by atoms with Crippen molar-refractivity contribution in [1.82, 2.24) is 0 Å². The predicted octanol–water partition coefficient (Wildman–Crippen LogP) is 4.81. The number of benzene rings is 1. The standard InChI is InChI=1S/C18H18ClNO2S/c1-10-3-5-15-16(9-21)18(20-11(2)22)23-17(15)8-12-7-13(19)4-6-14(10)12/h4,6-7,9-10H,3,5,8H2,1-2H3,(H,20,22). The molecular weight excluding hydrogens is 330 g/mol. The zero-order valence-corrected chi connectivity index (χ0v) is 14.7. The Bertz CT molecular complexity index is 782. The largest absolute Gasteiger partial charge is 0.317 e.